The van der Waals surface area contributed by atoms with Crippen molar-refractivity contribution in [3.8, 4) is 0 Å². The molecule has 0 spiro atoms. The van der Waals surface area contributed by atoms with Gasteiger partial charge in [0.1, 0.15) is 0 Å². The zero-order valence-corrected chi connectivity index (χ0v) is 12.1. The Balaban J connectivity index is 2.23. The summed E-state index contributed by atoms with van der Waals surface area (Å²) in [7, 11) is 1.50. The van der Waals surface area contributed by atoms with Crippen molar-refractivity contribution < 1.29 is 9.53 Å². The third-order valence-electron chi connectivity index (χ3n) is 5.06. The van der Waals surface area contributed by atoms with E-state index in [1.807, 2.05) is 6.92 Å². The SMILES string of the molecule is COC(=O)C(C)C1CC[C@@H](C)C2CCC(C)C=C12. The Kier molecular flexibility index (Phi) is 4.14. The van der Waals surface area contributed by atoms with Gasteiger partial charge in [-0.2, -0.15) is 0 Å². The van der Waals surface area contributed by atoms with E-state index in [0.717, 1.165) is 12.3 Å². The molecule has 2 rings (SSSR count). The fourth-order valence-corrected chi connectivity index (χ4v) is 3.86. The Morgan fingerprint density at radius 1 is 1.28 bits per heavy atom. The number of ether oxygens (including phenoxy) is 1. The highest BCUT2D eigenvalue weighted by molar-refractivity contribution is 5.72. The number of carbonyl (C=O) groups excluding carboxylic acids is 1. The van der Waals surface area contributed by atoms with Crippen molar-refractivity contribution in [1.29, 1.82) is 0 Å². The molecule has 0 bridgehead atoms. The molecule has 5 atom stereocenters. The molecule has 1 saturated carbocycles. The summed E-state index contributed by atoms with van der Waals surface area (Å²) >= 11 is 0. The van der Waals surface area contributed by atoms with Crippen LogP contribution in [0, 0.1) is 29.6 Å². The first-order chi connectivity index (χ1) is 8.54. The summed E-state index contributed by atoms with van der Waals surface area (Å²) in [6.07, 6.45) is 7.46. The smallest absolute Gasteiger partial charge is 0.308 e. The van der Waals surface area contributed by atoms with Gasteiger partial charge in [0, 0.05) is 0 Å². The van der Waals surface area contributed by atoms with Crippen molar-refractivity contribution in [2.75, 3.05) is 7.11 Å². The molecule has 18 heavy (non-hydrogen) atoms. The summed E-state index contributed by atoms with van der Waals surface area (Å²) in [5, 5.41) is 0. The van der Waals surface area contributed by atoms with Gasteiger partial charge in [0.25, 0.3) is 0 Å². The lowest BCUT2D eigenvalue weighted by atomic mass is 9.63. The number of carbonyl (C=O) groups is 1. The van der Waals surface area contributed by atoms with Crippen LogP contribution >= 0.6 is 0 Å². The third-order valence-corrected chi connectivity index (χ3v) is 5.06. The van der Waals surface area contributed by atoms with Crippen LogP contribution in [0.25, 0.3) is 0 Å². The minimum atomic E-state index is -0.0487. The van der Waals surface area contributed by atoms with Crippen molar-refractivity contribution in [3.63, 3.8) is 0 Å². The first-order valence-corrected chi connectivity index (χ1v) is 7.34. The van der Waals surface area contributed by atoms with Crippen LogP contribution in [-0.2, 0) is 9.53 Å². The molecule has 102 valence electrons. The Labute approximate surface area is 111 Å². The predicted octanol–water partition coefficient (Wildman–Crippen LogP) is 3.81. The highest BCUT2D eigenvalue weighted by Gasteiger charge is 2.39. The Morgan fingerprint density at radius 3 is 2.67 bits per heavy atom. The van der Waals surface area contributed by atoms with Gasteiger partial charge in [-0.25, -0.2) is 0 Å². The standard InChI is InChI=1S/C16H26O2/c1-10-5-7-13-11(2)6-8-14(15(13)9-10)12(3)16(17)18-4/h9-14H,5-8H2,1-4H3/t10?,11-,12?,13?,14?/m1/s1. The van der Waals surface area contributed by atoms with E-state index in [1.54, 1.807) is 5.57 Å². The number of fused-ring (bicyclic) bond motifs is 1. The lowest BCUT2D eigenvalue weighted by molar-refractivity contribution is -0.146. The maximum atomic E-state index is 11.8. The summed E-state index contributed by atoms with van der Waals surface area (Å²) in [6.45, 7) is 6.69. The quantitative estimate of drug-likeness (QED) is 0.550. The van der Waals surface area contributed by atoms with Gasteiger partial charge in [0.05, 0.1) is 13.0 Å². The summed E-state index contributed by atoms with van der Waals surface area (Å²) in [6, 6.07) is 0. The van der Waals surface area contributed by atoms with Crippen molar-refractivity contribution in [2.45, 2.75) is 46.5 Å². The van der Waals surface area contributed by atoms with E-state index in [0.29, 0.717) is 17.8 Å². The molecule has 0 aromatic carbocycles. The van der Waals surface area contributed by atoms with Gasteiger partial charge in [0.2, 0.25) is 0 Å². The van der Waals surface area contributed by atoms with Crippen LogP contribution in [0.15, 0.2) is 11.6 Å². The predicted molar refractivity (Wildman–Crippen MR) is 73.0 cm³/mol. The zero-order valence-electron chi connectivity index (χ0n) is 12.1. The summed E-state index contributed by atoms with van der Waals surface area (Å²) in [5.41, 5.74) is 1.56. The fourth-order valence-electron chi connectivity index (χ4n) is 3.86. The van der Waals surface area contributed by atoms with Crippen LogP contribution in [0.1, 0.15) is 46.5 Å². The molecule has 0 N–H and O–H groups in total. The summed E-state index contributed by atoms with van der Waals surface area (Å²) in [4.78, 5) is 11.8. The maximum absolute atomic E-state index is 11.8. The van der Waals surface area contributed by atoms with Gasteiger partial charge in [-0.3, -0.25) is 4.79 Å². The second-order valence-electron chi connectivity index (χ2n) is 6.30. The molecule has 0 saturated heterocycles. The van der Waals surface area contributed by atoms with Crippen LogP contribution < -0.4 is 0 Å². The molecular formula is C16H26O2. The summed E-state index contributed by atoms with van der Waals surface area (Å²) in [5.74, 6) is 2.56. The molecule has 4 unspecified atom stereocenters. The van der Waals surface area contributed by atoms with Crippen LogP contribution in [0.3, 0.4) is 0 Å². The molecule has 0 heterocycles. The highest BCUT2D eigenvalue weighted by atomic mass is 16.5. The van der Waals surface area contributed by atoms with Crippen LogP contribution in [0.4, 0.5) is 0 Å². The van der Waals surface area contributed by atoms with Gasteiger partial charge >= 0.3 is 5.97 Å². The number of rotatable bonds is 2. The van der Waals surface area contributed by atoms with Gasteiger partial charge < -0.3 is 4.74 Å². The van der Waals surface area contributed by atoms with Crippen molar-refractivity contribution in [3.05, 3.63) is 11.6 Å². The van der Waals surface area contributed by atoms with Crippen LogP contribution in [0.5, 0.6) is 0 Å². The minimum Gasteiger partial charge on any atom is -0.469 e. The van der Waals surface area contributed by atoms with Gasteiger partial charge in [-0.1, -0.05) is 32.4 Å². The molecule has 0 aromatic rings. The molecule has 2 heteroatoms. The third kappa shape index (κ3) is 2.48. The maximum Gasteiger partial charge on any atom is 0.308 e. The van der Waals surface area contributed by atoms with E-state index in [4.69, 9.17) is 4.74 Å². The first kappa shape index (κ1) is 13.6. The molecule has 0 aliphatic heterocycles. The first-order valence-electron chi connectivity index (χ1n) is 7.34. The normalized spacial score (nSPS) is 37.4. The highest BCUT2D eigenvalue weighted by Crippen LogP contribution is 2.47. The Morgan fingerprint density at radius 2 is 2.00 bits per heavy atom. The van der Waals surface area contributed by atoms with Crippen molar-refractivity contribution >= 4 is 5.97 Å². The van der Waals surface area contributed by atoms with E-state index < -0.39 is 0 Å². The number of hydrogen-bond donors (Lipinski definition) is 0. The van der Waals surface area contributed by atoms with Gasteiger partial charge in [-0.15, -0.1) is 0 Å². The molecule has 2 nitrogen and oxygen atoms in total. The minimum absolute atomic E-state index is 0.0153. The Hall–Kier alpha value is -0.790. The van der Waals surface area contributed by atoms with E-state index in [1.165, 1.54) is 26.4 Å². The monoisotopic (exact) mass is 250 g/mol. The molecule has 0 aromatic heterocycles. The second-order valence-corrected chi connectivity index (χ2v) is 6.30. The number of methoxy groups -OCH3 is 1. The molecule has 0 amide bonds. The average molecular weight is 250 g/mol. The zero-order chi connectivity index (χ0) is 13.3. The lowest BCUT2D eigenvalue weighted by Gasteiger charge is -2.42. The molecule has 1 fully saturated rings. The second kappa shape index (κ2) is 5.46. The number of hydrogen-bond acceptors (Lipinski definition) is 2. The average Bonchev–Trinajstić information content (AvgIpc) is 2.37. The number of esters is 1. The van der Waals surface area contributed by atoms with E-state index >= 15 is 0 Å². The topological polar surface area (TPSA) is 26.3 Å². The van der Waals surface area contributed by atoms with Crippen LogP contribution in [-0.4, -0.2) is 13.1 Å². The molecule has 0 radical (unpaired) electrons. The van der Waals surface area contributed by atoms with Gasteiger partial charge in [0.15, 0.2) is 0 Å². The number of allylic oxidation sites excluding steroid dienone is 2. The van der Waals surface area contributed by atoms with Crippen molar-refractivity contribution in [1.82, 2.24) is 0 Å². The fraction of sp³-hybridized carbons (Fsp3) is 0.812. The summed E-state index contributed by atoms with van der Waals surface area (Å²) < 4.78 is 4.93. The van der Waals surface area contributed by atoms with Crippen LogP contribution in [0.2, 0.25) is 0 Å². The molecule has 2 aliphatic carbocycles. The molecular weight excluding hydrogens is 224 g/mol. The Bertz CT molecular complexity index is 345. The van der Waals surface area contributed by atoms with Gasteiger partial charge in [-0.05, 0) is 49.4 Å². The lowest BCUT2D eigenvalue weighted by Crippen LogP contribution is -2.35. The van der Waals surface area contributed by atoms with Crippen molar-refractivity contribution in [2.24, 2.45) is 29.6 Å². The van der Waals surface area contributed by atoms with E-state index in [9.17, 15) is 4.79 Å². The molecule has 2 aliphatic rings. The largest absolute Gasteiger partial charge is 0.469 e. The van der Waals surface area contributed by atoms with E-state index in [-0.39, 0.29) is 11.9 Å². The van der Waals surface area contributed by atoms with E-state index in [2.05, 4.69) is 19.9 Å².